The second kappa shape index (κ2) is 10.3. The van der Waals surface area contributed by atoms with Crippen molar-refractivity contribution in [2.75, 3.05) is 36.5 Å². The number of hydrogen-bond acceptors (Lipinski definition) is 5. The van der Waals surface area contributed by atoms with E-state index < -0.39 is 5.97 Å². The average molecular weight is 385 g/mol. The number of hydrogen-bond donors (Lipinski definition) is 1. The Morgan fingerprint density at radius 1 is 1.08 bits per heavy atom. The summed E-state index contributed by atoms with van der Waals surface area (Å²) in [4.78, 5) is 37.0. The number of esters is 1. The van der Waals surface area contributed by atoms with Crippen molar-refractivity contribution in [2.45, 2.75) is 19.3 Å². The predicted octanol–water partition coefficient (Wildman–Crippen LogP) is 2.57. The molecule has 0 bridgehead atoms. The summed E-state index contributed by atoms with van der Waals surface area (Å²) in [7, 11) is 0. The van der Waals surface area contributed by atoms with Crippen molar-refractivity contribution in [1.29, 1.82) is 0 Å². The maximum absolute atomic E-state index is 11.9. The van der Waals surface area contributed by atoms with Gasteiger partial charge in [-0.15, -0.1) is 11.8 Å². The SMILES string of the molecule is O=C(CSCC(=O)OCC(=O)N1CCCCC1)Nc1ccc(Cl)cc1. The number of likely N-dealkylation sites (tertiary alicyclic amines) is 1. The number of nitrogens with zero attached hydrogens (tertiary/aromatic N) is 1. The van der Waals surface area contributed by atoms with Gasteiger partial charge in [0.05, 0.1) is 11.5 Å². The Labute approximate surface area is 156 Å². The van der Waals surface area contributed by atoms with Gasteiger partial charge in [0.2, 0.25) is 5.91 Å². The number of piperidine rings is 1. The lowest BCUT2D eigenvalue weighted by molar-refractivity contribution is -0.150. The first kappa shape index (κ1) is 19.6. The minimum Gasteiger partial charge on any atom is -0.455 e. The van der Waals surface area contributed by atoms with E-state index in [1.807, 2.05) is 0 Å². The molecular formula is C17H21ClN2O4S. The fraction of sp³-hybridized carbons (Fsp3) is 0.471. The first-order valence-electron chi connectivity index (χ1n) is 8.11. The Morgan fingerprint density at radius 2 is 1.76 bits per heavy atom. The Morgan fingerprint density at radius 3 is 2.44 bits per heavy atom. The number of carbonyl (C=O) groups is 3. The molecule has 0 radical (unpaired) electrons. The summed E-state index contributed by atoms with van der Waals surface area (Å²) in [5.74, 6) is -0.711. The number of ether oxygens (including phenoxy) is 1. The topological polar surface area (TPSA) is 75.7 Å². The number of rotatable bonds is 7. The van der Waals surface area contributed by atoms with Crippen molar-refractivity contribution < 1.29 is 19.1 Å². The van der Waals surface area contributed by atoms with Gasteiger partial charge in [-0.2, -0.15) is 0 Å². The molecule has 1 saturated heterocycles. The number of benzene rings is 1. The molecule has 1 fully saturated rings. The van der Waals surface area contributed by atoms with E-state index in [0.29, 0.717) is 10.7 Å². The van der Waals surface area contributed by atoms with Crippen molar-refractivity contribution in [3.8, 4) is 0 Å². The van der Waals surface area contributed by atoms with Crippen LogP contribution in [-0.4, -0.2) is 53.9 Å². The lowest BCUT2D eigenvalue weighted by Gasteiger charge is -2.26. The minimum atomic E-state index is -0.491. The molecule has 0 spiro atoms. The minimum absolute atomic E-state index is 0.0291. The van der Waals surface area contributed by atoms with Crippen LogP contribution in [-0.2, 0) is 19.1 Å². The van der Waals surface area contributed by atoms with Crippen LogP contribution in [0, 0.1) is 0 Å². The van der Waals surface area contributed by atoms with E-state index in [2.05, 4.69) is 5.32 Å². The summed E-state index contributed by atoms with van der Waals surface area (Å²) in [6, 6.07) is 6.76. The van der Waals surface area contributed by atoms with Crippen LogP contribution in [0.3, 0.4) is 0 Å². The molecule has 2 amide bonds. The van der Waals surface area contributed by atoms with Gasteiger partial charge < -0.3 is 15.0 Å². The van der Waals surface area contributed by atoms with Gasteiger partial charge in [0.25, 0.3) is 5.91 Å². The smallest absolute Gasteiger partial charge is 0.316 e. The molecule has 0 unspecified atom stereocenters. The number of carbonyl (C=O) groups excluding carboxylic acids is 3. The van der Waals surface area contributed by atoms with Crippen LogP contribution in [0.1, 0.15) is 19.3 Å². The summed E-state index contributed by atoms with van der Waals surface area (Å²) < 4.78 is 4.97. The molecule has 2 rings (SSSR count). The van der Waals surface area contributed by atoms with Gasteiger partial charge >= 0.3 is 5.97 Å². The molecule has 1 N–H and O–H groups in total. The third-order valence-corrected chi connectivity index (χ3v) is 4.80. The third-order valence-electron chi connectivity index (χ3n) is 3.65. The highest BCUT2D eigenvalue weighted by Crippen LogP contribution is 2.14. The van der Waals surface area contributed by atoms with Gasteiger partial charge in [0, 0.05) is 23.8 Å². The van der Waals surface area contributed by atoms with E-state index >= 15 is 0 Å². The predicted molar refractivity (Wildman–Crippen MR) is 98.8 cm³/mol. The average Bonchev–Trinajstić information content (AvgIpc) is 2.62. The molecule has 1 heterocycles. The number of thioether (sulfide) groups is 1. The monoisotopic (exact) mass is 384 g/mol. The maximum atomic E-state index is 11.9. The molecule has 0 atom stereocenters. The van der Waals surface area contributed by atoms with Crippen LogP contribution in [0.15, 0.2) is 24.3 Å². The molecule has 1 aliphatic heterocycles. The molecule has 25 heavy (non-hydrogen) atoms. The summed E-state index contributed by atoms with van der Waals surface area (Å²) >= 11 is 6.91. The van der Waals surface area contributed by atoms with Gasteiger partial charge in [0.1, 0.15) is 0 Å². The number of amides is 2. The van der Waals surface area contributed by atoms with Crippen LogP contribution in [0.4, 0.5) is 5.69 Å². The molecule has 1 aromatic rings. The van der Waals surface area contributed by atoms with E-state index in [4.69, 9.17) is 16.3 Å². The van der Waals surface area contributed by atoms with Crippen LogP contribution < -0.4 is 5.32 Å². The molecular weight excluding hydrogens is 364 g/mol. The Hall–Kier alpha value is -1.73. The van der Waals surface area contributed by atoms with Gasteiger partial charge in [-0.3, -0.25) is 14.4 Å². The summed E-state index contributed by atoms with van der Waals surface area (Å²) in [6.45, 7) is 1.24. The first-order chi connectivity index (χ1) is 12.0. The van der Waals surface area contributed by atoms with Crippen molar-refractivity contribution in [3.05, 3.63) is 29.3 Å². The van der Waals surface area contributed by atoms with Gasteiger partial charge in [-0.1, -0.05) is 11.6 Å². The lowest BCUT2D eigenvalue weighted by atomic mass is 10.1. The zero-order valence-electron chi connectivity index (χ0n) is 13.8. The zero-order valence-corrected chi connectivity index (χ0v) is 15.4. The summed E-state index contributed by atoms with van der Waals surface area (Å²) in [5.41, 5.74) is 0.643. The van der Waals surface area contributed by atoms with E-state index in [1.165, 1.54) is 0 Å². The van der Waals surface area contributed by atoms with Gasteiger partial charge in [-0.05, 0) is 43.5 Å². The molecule has 1 aliphatic rings. The highest BCUT2D eigenvalue weighted by Gasteiger charge is 2.18. The third kappa shape index (κ3) is 7.36. The Balaban J connectivity index is 1.59. The molecule has 6 nitrogen and oxygen atoms in total. The van der Waals surface area contributed by atoms with Crippen molar-refractivity contribution in [2.24, 2.45) is 0 Å². The standard InChI is InChI=1S/C17H21ClN2O4S/c18-13-4-6-14(7-5-13)19-15(21)11-25-12-17(23)24-10-16(22)20-8-2-1-3-9-20/h4-7H,1-3,8-12H2,(H,19,21). The molecule has 1 aromatic carbocycles. The zero-order chi connectivity index (χ0) is 18.1. The van der Waals surface area contributed by atoms with Crippen LogP contribution in [0.25, 0.3) is 0 Å². The Kier molecular flexibility index (Phi) is 8.08. The number of anilines is 1. The summed E-state index contributed by atoms with van der Waals surface area (Å²) in [6.07, 6.45) is 3.13. The van der Waals surface area contributed by atoms with E-state index in [9.17, 15) is 14.4 Å². The van der Waals surface area contributed by atoms with Crippen LogP contribution in [0.5, 0.6) is 0 Å². The highest BCUT2D eigenvalue weighted by atomic mass is 35.5. The van der Waals surface area contributed by atoms with Crippen LogP contribution >= 0.6 is 23.4 Å². The van der Waals surface area contributed by atoms with Crippen LogP contribution in [0.2, 0.25) is 5.02 Å². The maximum Gasteiger partial charge on any atom is 0.316 e. The molecule has 0 aromatic heterocycles. The lowest BCUT2D eigenvalue weighted by Crippen LogP contribution is -2.38. The quantitative estimate of drug-likeness (QED) is 0.731. The number of halogens is 1. The van der Waals surface area contributed by atoms with E-state index in [-0.39, 0.29) is 29.9 Å². The second-order valence-electron chi connectivity index (χ2n) is 5.65. The van der Waals surface area contributed by atoms with E-state index in [0.717, 1.165) is 44.1 Å². The molecule has 136 valence electrons. The van der Waals surface area contributed by atoms with Crippen molar-refractivity contribution in [3.63, 3.8) is 0 Å². The number of nitrogens with one attached hydrogen (secondary N) is 1. The van der Waals surface area contributed by atoms with Crippen molar-refractivity contribution in [1.82, 2.24) is 4.90 Å². The molecule has 0 aliphatic carbocycles. The fourth-order valence-corrected chi connectivity index (χ4v) is 3.11. The molecule has 8 heteroatoms. The van der Waals surface area contributed by atoms with E-state index in [1.54, 1.807) is 29.2 Å². The summed E-state index contributed by atoms with van der Waals surface area (Å²) in [5, 5.41) is 3.30. The second-order valence-corrected chi connectivity index (χ2v) is 7.07. The highest BCUT2D eigenvalue weighted by molar-refractivity contribution is 8.00. The fourth-order valence-electron chi connectivity index (χ4n) is 2.38. The largest absolute Gasteiger partial charge is 0.455 e. The first-order valence-corrected chi connectivity index (χ1v) is 9.64. The van der Waals surface area contributed by atoms with Gasteiger partial charge in [-0.25, -0.2) is 0 Å². The normalized spacial score (nSPS) is 14.0. The van der Waals surface area contributed by atoms with Crippen molar-refractivity contribution >= 4 is 46.8 Å². The van der Waals surface area contributed by atoms with Gasteiger partial charge in [0.15, 0.2) is 6.61 Å². The Bertz CT molecular complexity index is 603. The molecule has 0 saturated carbocycles.